The molecule has 1 heterocycles. The van der Waals surface area contributed by atoms with Crippen LogP contribution in [0.25, 0.3) is 10.8 Å². The highest BCUT2D eigenvalue weighted by Crippen LogP contribution is 2.33. The fourth-order valence-corrected chi connectivity index (χ4v) is 5.33. The van der Waals surface area contributed by atoms with Crippen molar-refractivity contribution < 1.29 is 13.2 Å². The van der Waals surface area contributed by atoms with Crippen LogP contribution >= 0.6 is 23.2 Å². The van der Waals surface area contributed by atoms with E-state index >= 15 is 0 Å². The molecule has 33 heavy (non-hydrogen) atoms. The Morgan fingerprint density at radius 1 is 1.09 bits per heavy atom. The number of ether oxygens (including phenoxy) is 1. The van der Waals surface area contributed by atoms with Gasteiger partial charge in [-0.1, -0.05) is 59.1 Å². The molecule has 1 N–H and O–H groups in total. The Kier molecular flexibility index (Phi) is 6.68. The van der Waals surface area contributed by atoms with Crippen molar-refractivity contribution in [3.63, 3.8) is 0 Å². The number of aryl methyl sites for hydroxylation is 1. The van der Waals surface area contributed by atoms with Crippen LogP contribution in [0.2, 0.25) is 10.2 Å². The molecule has 6 nitrogen and oxygen atoms in total. The number of aromatic nitrogens is 2. The molecule has 0 saturated heterocycles. The number of nitrogens with one attached hydrogen (secondary N) is 1. The number of benzene rings is 3. The van der Waals surface area contributed by atoms with Crippen molar-refractivity contribution in [1.82, 2.24) is 14.3 Å². The van der Waals surface area contributed by atoms with Crippen LogP contribution in [0.1, 0.15) is 31.3 Å². The Labute approximate surface area is 203 Å². The summed E-state index contributed by atoms with van der Waals surface area (Å²) in [5.74, 6) is 1.44. The smallest absolute Gasteiger partial charge is 0.241 e. The summed E-state index contributed by atoms with van der Waals surface area (Å²) < 4.78 is 36.7. The number of fused-ring (bicyclic) bond motifs is 1. The first-order chi connectivity index (χ1) is 15.7. The molecule has 0 aliphatic rings. The first kappa shape index (κ1) is 23.6. The van der Waals surface area contributed by atoms with Gasteiger partial charge in [-0.15, -0.1) is 0 Å². The maximum atomic E-state index is 13.1. The standard InChI is InChI=1S/C24H23Cl2N3O3S/c1-4-29-23(27-22(26)24(29)32-18-10-8-15(2)9-11-18)16(3)28-33(30,31)19-12-13-20-17(14-19)6-5-7-21(20)25/h5-14,16,28H,4H2,1-3H3. The average molecular weight is 504 g/mol. The van der Waals surface area contributed by atoms with Crippen molar-refractivity contribution in [1.29, 1.82) is 0 Å². The lowest BCUT2D eigenvalue weighted by molar-refractivity contribution is 0.423. The number of hydrogen-bond donors (Lipinski definition) is 1. The maximum Gasteiger partial charge on any atom is 0.241 e. The Bertz CT molecular complexity index is 1420. The van der Waals surface area contributed by atoms with Crippen molar-refractivity contribution >= 4 is 44.0 Å². The summed E-state index contributed by atoms with van der Waals surface area (Å²) in [6.45, 7) is 6.12. The highest BCUT2D eigenvalue weighted by Gasteiger charge is 2.25. The lowest BCUT2D eigenvalue weighted by Gasteiger charge is -2.17. The van der Waals surface area contributed by atoms with Crippen molar-refractivity contribution in [2.45, 2.75) is 38.3 Å². The van der Waals surface area contributed by atoms with Gasteiger partial charge in [-0.2, -0.15) is 0 Å². The van der Waals surface area contributed by atoms with Gasteiger partial charge in [-0.05, 0) is 56.5 Å². The van der Waals surface area contributed by atoms with Crippen LogP contribution in [-0.4, -0.2) is 18.0 Å². The maximum absolute atomic E-state index is 13.1. The van der Waals surface area contributed by atoms with Crippen molar-refractivity contribution in [2.75, 3.05) is 0 Å². The third-order valence-electron chi connectivity index (χ3n) is 5.29. The summed E-state index contributed by atoms with van der Waals surface area (Å²) in [4.78, 5) is 4.53. The van der Waals surface area contributed by atoms with Gasteiger partial charge in [0.1, 0.15) is 11.6 Å². The van der Waals surface area contributed by atoms with Crippen LogP contribution in [0.3, 0.4) is 0 Å². The predicted molar refractivity (Wildman–Crippen MR) is 132 cm³/mol. The molecule has 0 radical (unpaired) electrons. The molecule has 4 aromatic rings. The number of sulfonamides is 1. The van der Waals surface area contributed by atoms with Crippen LogP contribution in [-0.2, 0) is 16.6 Å². The molecule has 0 spiro atoms. The quantitative estimate of drug-likeness (QED) is 0.312. The number of nitrogens with zero attached hydrogens (tertiary/aromatic N) is 2. The van der Waals surface area contributed by atoms with Gasteiger partial charge in [0.15, 0.2) is 5.15 Å². The lowest BCUT2D eigenvalue weighted by atomic mass is 10.1. The zero-order chi connectivity index (χ0) is 23.8. The second kappa shape index (κ2) is 9.35. The van der Waals surface area contributed by atoms with Gasteiger partial charge >= 0.3 is 0 Å². The van der Waals surface area contributed by atoms with Gasteiger partial charge < -0.3 is 4.74 Å². The number of imidazole rings is 1. The molecule has 0 aliphatic carbocycles. The molecule has 0 aliphatic heterocycles. The minimum absolute atomic E-state index is 0.140. The average Bonchev–Trinajstić information content (AvgIpc) is 3.10. The van der Waals surface area contributed by atoms with E-state index in [0.29, 0.717) is 29.0 Å². The van der Waals surface area contributed by atoms with E-state index in [1.807, 2.05) is 44.2 Å². The van der Waals surface area contributed by atoms with E-state index in [1.165, 1.54) is 6.07 Å². The normalized spacial score (nSPS) is 12.8. The highest BCUT2D eigenvalue weighted by molar-refractivity contribution is 7.89. The topological polar surface area (TPSA) is 73.2 Å². The monoisotopic (exact) mass is 503 g/mol. The van der Waals surface area contributed by atoms with E-state index in [1.54, 1.807) is 35.8 Å². The molecule has 0 bridgehead atoms. The lowest BCUT2D eigenvalue weighted by Crippen LogP contribution is -2.29. The van der Waals surface area contributed by atoms with Gasteiger partial charge in [0, 0.05) is 17.0 Å². The largest absolute Gasteiger partial charge is 0.438 e. The molecule has 9 heteroatoms. The summed E-state index contributed by atoms with van der Waals surface area (Å²) >= 11 is 12.6. The van der Waals surface area contributed by atoms with E-state index in [9.17, 15) is 8.42 Å². The predicted octanol–water partition coefficient (Wildman–Crippen LogP) is 6.50. The second-order valence-corrected chi connectivity index (χ2v) is 10.2. The van der Waals surface area contributed by atoms with E-state index in [2.05, 4.69) is 9.71 Å². The van der Waals surface area contributed by atoms with Crippen molar-refractivity contribution in [3.8, 4) is 11.6 Å². The highest BCUT2D eigenvalue weighted by atomic mass is 35.5. The minimum atomic E-state index is -3.83. The van der Waals surface area contributed by atoms with E-state index in [0.717, 1.165) is 16.3 Å². The van der Waals surface area contributed by atoms with Gasteiger partial charge in [0.2, 0.25) is 15.9 Å². The summed E-state index contributed by atoms with van der Waals surface area (Å²) in [6, 6.07) is 17.1. The summed E-state index contributed by atoms with van der Waals surface area (Å²) in [7, 11) is -3.83. The Balaban J connectivity index is 1.62. The van der Waals surface area contributed by atoms with Crippen LogP contribution in [0.5, 0.6) is 11.6 Å². The SMILES string of the molecule is CCn1c(C(C)NS(=O)(=O)c2ccc3c(Cl)cccc3c2)nc(Cl)c1Oc1ccc(C)cc1. The summed E-state index contributed by atoms with van der Waals surface area (Å²) in [6.07, 6.45) is 0. The number of halogens is 2. The Morgan fingerprint density at radius 3 is 2.52 bits per heavy atom. The Morgan fingerprint density at radius 2 is 1.82 bits per heavy atom. The van der Waals surface area contributed by atoms with Crippen LogP contribution in [0.4, 0.5) is 0 Å². The summed E-state index contributed by atoms with van der Waals surface area (Å²) in [5, 5.41) is 2.26. The van der Waals surface area contributed by atoms with Gasteiger partial charge in [0.05, 0.1) is 10.9 Å². The zero-order valence-corrected chi connectivity index (χ0v) is 20.7. The molecule has 1 atom stereocenters. The van der Waals surface area contributed by atoms with Crippen LogP contribution in [0, 0.1) is 6.92 Å². The van der Waals surface area contributed by atoms with Crippen LogP contribution in [0.15, 0.2) is 65.6 Å². The van der Waals surface area contributed by atoms with Crippen molar-refractivity contribution in [3.05, 3.63) is 82.2 Å². The van der Waals surface area contributed by atoms with E-state index in [-0.39, 0.29) is 10.0 Å². The fraction of sp³-hybridized carbons (Fsp3) is 0.208. The molecule has 0 saturated carbocycles. The Hall–Kier alpha value is -2.58. The minimum Gasteiger partial charge on any atom is -0.438 e. The summed E-state index contributed by atoms with van der Waals surface area (Å²) in [5.41, 5.74) is 1.11. The molecule has 0 fully saturated rings. The van der Waals surface area contributed by atoms with E-state index < -0.39 is 16.1 Å². The van der Waals surface area contributed by atoms with Gasteiger partial charge in [-0.3, -0.25) is 4.57 Å². The molecular formula is C24H23Cl2N3O3S. The zero-order valence-electron chi connectivity index (χ0n) is 18.3. The molecule has 3 aromatic carbocycles. The molecule has 1 aromatic heterocycles. The second-order valence-electron chi connectivity index (χ2n) is 7.69. The number of hydrogen-bond acceptors (Lipinski definition) is 4. The van der Waals surface area contributed by atoms with Gasteiger partial charge in [-0.25, -0.2) is 18.1 Å². The van der Waals surface area contributed by atoms with Crippen molar-refractivity contribution in [2.24, 2.45) is 0 Å². The third kappa shape index (κ3) is 4.87. The molecule has 172 valence electrons. The first-order valence-corrected chi connectivity index (χ1v) is 12.6. The molecular weight excluding hydrogens is 481 g/mol. The van der Waals surface area contributed by atoms with E-state index in [4.69, 9.17) is 27.9 Å². The third-order valence-corrected chi connectivity index (χ3v) is 7.40. The fourth-order valence-electron chi connectivity index (χ4n) is 3.62. The molecule has 4 rings (SSSR count). The first-order valence-electron chi connectivity index (χ1n) is 10.4. The molecule has 0 amide bonds. The molecule has 1 unspecified atom stereocenters. The van der Waals surface area contributed by atoms with Gasteiger partial charge in [0.25, 0.3) is 0 Å². The number of rotatable bonds is 7. The van der Waals surface area contributed by atoms with Crippen LogP contribution < -0.4 is 9.46 Å².